The maximum atomic E-state index is 12.1. The summed E-state index contributed by atoms with van der Waals surface area (Å²) in [6, 6.07) is 9.00. The van der Waals surface area contributed by atoms with Crippen molar-refractivity contribution in [3.63, 3.8) is 0 Å². The number of methoxy groups -OCH3 is 2. The van der Waals surface area contributed by atoms with Crippen LogP contribution in [0.25, 0.3) is 0 Å². The fourth-order valence-corrected chi connectivity index (χ4v) is 3.33. The van der Waals surface area contributed by atoms with E-state index >= 15 is 0 Å². The van der Waals surface area contributed by atoms with Gasteiger partial charge in [0, 0.05) is 30.0 Å². The van der Waals surface area contributed by atoms with E-state index in [1.165, 1.54) is 0 Å². The molecule has 1 heterocycles. The molecule has 6 heteroatoms. The molecule has 1 N–H and O–H groups in total. The number of benzene rings is 2. The average molecular weight is 352 g/mol. The Balaban J connectivity index is 2.22. The van der Waals surface area contributed by atoms with Gasteiger partial charge in [-0.05, 0) is 11.6 Å². The lowest BCUT2D eigenvalue weighted by Gasteiger charge is -2.29. The van der Waals surface area contributed by atoms with Crippen molar-refractivity contribution in [3.05, 3.63) is 51.5 Å². The Labute approximate surface area is 144 Å². The molecular weight excluding hydrogens is 337 g/mol. The first-order valence-electron chi connectivity index (χ1n) is 7.04. The quantitative estimate of drug-likeness (QED) is 0.886. The van der Waals surface area contributed by atoms with Crippen molar-refractivity contribution in [2.45, 2.75) is 12.3 Å². The van der Waals surface area contributed by atoms with Crippen molar-refractivity contribution in [1.82, 2.24) is 0 Å². The van der Waals surface area contributed by atoms with Gasteiger partial charge in [-0.1, -0.05) is 35.3 Å². The molecule has 0 saturated heterocycles. The molecule has 0 bridgehead atoms. The molecule has 2 aromatic rings. The second-order valence-corrected chi connectivity index (χ2v) is 6.02. The molecule has 1 unspecified atom stereocenters. The number of rotatable bonds is 3. The Hall–Kier alpha value is -1.91. The van der Waals surface area contributed by atoms with Crippen molar-refractivity contribution < 1.29 is 14.3 Å². The second kappa shape index (κ2) is 6.30. The zero-order valence-electron chi connectivity index (χ0n) is 12.7. The van der Waals surface area contributed by atoms with Crippen molar-refractivity contribution in [3.8, 4) is 11.5 Å². The highest BCUT2D eigenvalue weighted by atomic mass is 35.5. The predicted molar refractivity (Wildman–Crippen MR) is 91.1 cm³/mol. The standard InChI is InChI=1S/C17H15Cl2NO3/c1-22-9-6-13-16(14(7-9)23-2)11(8-15(21)20-13)10-4-3-5-12(18)17(10)19/h3-7,11H,8H2,1-2H3,(H,20,21). The number of hydrogen-bond acceptors (Lipinski definition) is 3. The average Bonchev–Trinajstić information content (AvgIpc) is 2.55. The van der Waals surface area contributed by atoms with Gasteiger partial charge in [-0.2, -0.15) is 0 Å². The molecular formula is C17H15Cl2NO3. The van der Waals surface area contributed by atoms with E-state index in [4.69, 9.17) is 32.7 Å². The van der Waals surface area contributed by atoms with Crippen LogP contribution in [0.4, 0.5) is 5.69 Å². The number of fused-ring (bicyclic) bond motifs is 1. The van der Waals surface area contributed by atoms with Gasteiger partial charge < -0.3 is 14.8 Å². The molecule has 0 radical (unpaired) electrons. The van der Waals surface area contributed by atoms with Gasteiger partial charge in [-0.25, -0.2) is 0 Å². The van der Waals surface area contributed by atoms with Crippen LogP contribution in [0.15, 0.2) is 30.3 Å². The molecule has 0 fully saturated rings. The van der Waals surface area contributed by atoms with E-state index in [1.54, 1.807) is 32.4 Å². The summed E-state index contributed by atoms with van der Waals surface area (Å²) in [6.07, 6.45) is 0.274. The fraction of sp³-hybridized carbons (Fsp3) is 0.235. The van der Waals surface area contributed by atoms with Gasteiger partial charge >= 0.3 is 0 Å². The van der Waals surface area contributed by atoms with Gasteiger partial charge in [0.15, 0.2) is 0 Å². The summed E-state index contributed by atoms with van der Waals surface area (Å²) in [7, 11) is 3.15. The molecule has 23 heavy (non-hydrogen) atoms. The minimum absolute atomic E-state index is 0.0890. The number of carbonyl (C=O) groups excluding carboxylic acids is 1. The van der Waals surface area contributed by atoms with Crippen molar-refractivity contribution in [1.29, 1.82) is 0 Å². The Morgan fingerprint density at radius 2 is 1.96 bits per heavy atom. The molecule has 0 aromatic heterocycles. The summed E-state index contributed by atoms with van der Waals surface area (Å²) in [5.74, 6) is 0.929. The van der Waals surface area contributed by atoms with Crippen LogP contribution in [0.2, 0.25) is 10.0 Å². The van der Waals surface area contributed by atoms with Gasteiger partial charge in [-0.15, -0.1) is 0 Å². The second-order valence-electron chi connectivity index (χ2n) is 5.24. The molecule has 0 aliphatic carbocycles. The van der Waals surface area contributed by atoms with E-state index in [9.17, 15) is 4.79 Å². The normalized spacial score (nSPS) is 16.5. The third kappa shape index (κ3) is 2.84. The third-order valence-electron chi connectivity index (χ3n) is 3.94. The number of carbonyl (C=O) groups is 1. The topological polar surface area (TPSA) is 47.6 Å². The molecule has 2 aromatic carbocycles. The van der Waals surface area contributed by atoms with Gasteiger partial charge in [0.05, 0.1) is 30.0 Å². The lowest BCUT2D eigenvalue weighted by atomic mass is 9.84. The highest BCUT2D eigenvalue weighted by Gasteiger charge is 2.32. The zero-order chi connectivity index (χ0) is 16.6. The number of hydrogen-bond donors (Lipinski definition) is 1. The highest BCUT2D eigenvalue weighted by Crippen LogP contribution is 2.47. The molecule has 1 amide bonds. The van der Waals surface area contributed by atoms with Crippen LogP contribution in [0.5, 0.6) is 11.5 Å². The van der Waals surface area contributed by atoms with Gasteiger partial charge in [0.1, 0.15) is 11.5 Å². The molecule has 4 nitrogen and oxygen atoms in total. The van der Waals surface area contributed by atoms with Crippen LogP contribution in [0.1, 0.15) is 23.5 Å². The first-order valence-corrected chi connectivity index (χ1v) is 7.80. The summed E-state index contributed by atoms with van der Waals surface area (Å²) < 4.78 is 10.8. The Morgan fingerprint density at radius 1 is 1.17 bits per heavy atom. The lowest BCUT2D eigenvalue weighted by molar-refractivity contribution is -0.116. The van der Waals surface area contributed by atoms with E-state index in [-0.39, 0.29) is 18.2 Å². The minimum Gasteiger partial charge on any atom is -0.497 e. The number of anilines is 1. The first kappa shape index (κ1) is 16.0. The minimum atomic E-state index is -0.231. The maximum absolute atomic E-state index is 12.1. The number of ether oxygens (including phenoxy) is 2. The fourth-order valence-electron chi connectivity index (χ4n) is 2.89. The number of amides is 1. The third-order valence-corrected chi connectivity index (χ3v) is 4.77. The lowest BCUT2D eigenvalue weighted by Crippen LogP contribution is -2.24. The summed E-state index contributed by atoms with van der Waals surface area (Å²) in [5, 5.41) is 3.79. The van der Waals surface area contributed by atoms with Crippen LogP contribution < -0.4 is 14.8 Å². The van der Waals surface area contributed by atoms with E-state index in [0.717, 1.165) is 11.1 Å². The van der Waals surface area contributed by atoms with Crippen molar-refractivity contribution in [2.24, 2.45) is 0 Å². The summed E-state index contributed by atoms with van der Waals surface area (Å²) in [4.78, 5) is 12.1. The largest absolute Gasteiger partial charge is 0.497 e. The molecule has 3 rings (SSSR count). The van der Waals surface area contributed by atoms with Gasteiger partial charge in [0.25, 0.3) is 0 Å². The van der Waals surface area contributed by atoms with E-state index in [0.29, 0.717) is 27.2 Å². The van der Waals surface area contributed by atoms with Crippen LogP contribution in [0.3, 0.4) is 0 Å². The Kier molecular flexibility index (Phi) is 4.37. The molecule has 1 aliphatic rings. The summed E-state index contributed by atoms with van der Waals surface area (Å²) in [5.41, 5.74) is 2.34. The van der Waals surface area contributed by atoms with E-state index in [1.807, 2.05) is 12.1 Å². The van der Waals surface area contributed by atoms with Crippen LogP contribution in [-0.4, -0.2) is 20.1 Å². The summed E-state index contributed by atoms with van der Waals surface area (Å²) >= 11 is 12.5. The van der Waals surface area contributed by atoms with Crippen LogP contribution >= 0.6 is 23.2 Å². The van der Waals surface area contributed by atoms with E-state index in [2.05, 4.69) is 5.32 Å². The Morgan fingerprint density at radius 3 is 2.65 bits per heavy atom. The molecule has 1 aliphatic heterocycles. The molecule has 0 spiro atoms. The van der Waals surface area contributed by atoms with Gasteiger partial charge in [0.2, 0.25) is 5.91 Å². The Bertz CT molecular complexity index is 777. The SMILES string of the molecule is COc1cc2c(c(OC)c1)C(c1cccc(Cl)c1Cl)CC(=O)N2. The number of halogens is 2. The van der Waals surface area contributed by atoms with Crippen molar-refractivity contribution >= 4 is 34.8 Å². The predicted octanol–water partition coefficient (Wildman–Crippen LogP) is 4.48. The summed E-state index contributed by atoms with van der Waals surface area (Å²) in [6.45, 7) is 0. The monoisotopic (exact) mass is 351 g/mol. The molecule has 1 atom stereocenters. The van der Waals surface area contributed by atoms with Crippen molar-refractivity contribution in [2.75, 3.05) is 19.5 Å². The first-order chi connectivity index (χ1) is 11.0. The van der Waals surface area contributed by atoms with E-state index < -0.39 is 0 Å². The smallest absolute Gasteiger partial charge is 0.225 e. The highest BCUT2D eigenvalue weighted by molar-refractivity contribution is 6.42. The van der Waals surface area contributed by atoms with Crippen LogP contribution in [0, 0.1) is 0 Å². The molecule has 120 valence electrons. The van der Waals surface area contributed by atoms with Gasteiger partial charge in [-0.3, -0.25) is 4.79 Å². The zero-order valence-corrected chi connectivity index (χ0v) is 14.2. The number of nitrogens with one attached hydrogen (secondary N) is 1. The van der Waals surface area contributed by atoms with Crippen LogP contribution in [-0.2, 0) is 4.79 Å². The molecule has 0 saturated carbocycles. The maximum Gasteiger partial charge on any atom is 0.225 e.